The summed E-state index contributed by atoms with van der Waals surface area (Å²) in [5, 5.41) is 0. The van der Waals surface area contributed by atoms with Crippen molar-refractivity contribution in [2.45, 2.75) is 26.0 Å². The Hall–Kier alpha value is -1.39. The van der Waals surface area contributed by atoms with Gasteiger partial charge in [-0.05, 0) is 24.6 Å². The number of hydrogen-bond donors (Lipinski definition) is 1. The quantitative estimate of drug-likeness (QED) is 0.866. The van der Waals surface area contributed by atoms with Crippen molar-refractivity contribution in [2.24, 2.45) is 5.73 Å². The van der Waals surface area contributed by atoms with Crippen molar-refractivity contribution in [1.82, 2.24) is 0 Å². The van der Waals surface area contributed by atoms with Crippen LogP contribution in [0.1, 0.15) is 30.5 Å². The normalized spacial score (nSPS) is 12.2. The standard InChI is InChI=1S/C16H17BrFNO/c1-2-15(19)13-5-3-4-6-16(13)20-10-11-7-8-12(18)9-14(11)17/h3-9,15H,2,10,19H2,1H3/t15-/m0/s1. The van der Waals surface area contributed by atoms with Gasteiger partial charge in [-0.2, -0.15) is 0 Å². The third kappa shape index (κ3) is 3.58. The fourth-order valence-corrected chi connectivity index (χ4v) is 2.40. The zero-order chi connectivity index (χ0) is 14.5. The number of halogens is 2. The molecule has 20 heavy (non-hydrogen) atoms. The highest BCUT2D eigenvalue weighted by molar-refractivity contribution is 9.10. The summed E-state index contributed by atoms with van der Waals surface area (Å²) in [6.07, 6.45) is 0.848. The molecule has 0 aliphatic heterocycles. The van der Waals surface area contributed by atoms with Gasteiger partial charge in [0, 0.05) is 21.6 Å². The van der Waals surface area contributed by atoms with Gasteiger partial charge in [-0.1, -0.05) is 47.1 Å². The van der Waals surface area contributed by atoms with E-state index in [0.717, 1.165) is 23.3 Å². The number of para-hydroxylation sites is 1. The molecule has 2 N–H and O–H groups in total. The van der Waals surface area contributed by atoms with Crippen LogP contribution in [0.25, 0.3) is 0 Å². The first kappa shape index (κ1) is 15.0. The van der Waals surface area contributed by atoms with E-state index in [2.05, 4.69) is 15.9 Å². The molecule has 0 aliphatic rings. The Morgan fingerprint density at radius 2 is 2.00 bits per heavy atom. The summed E-state index contributed by atoms with van der Waals surface area (Å²) in [6, 6.07) is 12.3. The molecule has 0 spiro atoms. The van der Waals surface area contributed by atoms with Crippen LogP contribution in [-0.4, -0.2) is 0 Å². The van der Waals surface area contributed by atoms with Crippen molar-refractivity contribution >= 4 is 15.9 Å². The van der Waals surface area contributed by atoms with Crippen LogP contribution in [0.4, 0.5) is 4.39 Å². The smallest absolute Gasteiger partial charge is 0.124 e. The van der Waals surface area contributed by atoms with E-state index in [1.807, 2.05) is 31.2 Å². The number of hydrogen-bond acceptors (Lipinski definition) is 2. The predicted molar refractivity (Wildman–Crippen MR) is 82.1 cm³/mol. The molecule has 1 atom stereocenters. The monoisotopic (exact) mass is 337 g/mol. The molecule has 0 fully saturated rings. The van der Waals surface area contributed by atoms with Crippen LogP contribution in [0.3, 0.4) is 0 Å². The molecule has 0 aliphatic carbocycles. The Morgan fingerprint density at radius 1 is 1.25 bits per heavy atom. The maximum Gasteiger partial charge on any atom is 0.124 e. The summed E-state index contributed by atoms with van der Waals surface area (Å²) < 4.78 is 19.6. The molecule has 0 amide bonds. The van der Waals surface area contributed by atoms with Gasteiger partial charge in [0.15, 0.2) is 0 Å². The highest BCUT2D eigenvalue weighted by Crippen LogP contribution is 2.27. The molecule has 2 nitrogen and oxygen atoms in total. The second kappa shape index (κ2) is 6.86. The lowest BCUT2D eigenvalue weighted by atomic mass is 10.0. The van der Waals surface area contributed by atoms with Gasteiger partial charge in [-0.3, -0.25) is 0 Å². The lowest BCUT2D eigenvalue weighted by Gasteiger charge is -2.16. The van der Waals surface area contributed by atoms with Gasteiger partial charge in [0.2, 0.25) is 0 Å². The van der Waals surface area contributed by atoms with Crippen LogP contribution in [0.5, 0.6) is 5.75 Å². The Labute approximate surface area is 126 Å². The Kier molecular flexibility index (Phi) is 5.15. The van der Waals surface area contributed by atoms with Gasteiger partial charge in [-0.15, -0.1) is 0 Å². The molecule has 0 unspecified atom stereocenters. The first-order valence-electron chi connectivity index (χ1n) is 6.53. The molecule has 0 saturated heterocycles. The highest BCUT2D eigenvalue weighted by atomic mass is 79.9. The summed E-state index contributed by atoms with van der Waals surface area (Å²) in [7, 11) is 0. The molecule has 0 heterocycles. The van der Waals surface area contributed by atoms with E-state index in [0.29, 0.717) is 11.1 Å². The zero-order valence-electron chi connectivity index (χ0n) is 11.3. The first-order valence-corrected chi connectivity index (χ1v) is 7.32. The maximum absolute atomic E-state index is 13.0. The Morgan fingerprint density at radius 3 is 2.70 bits per heavy atom. The summed E-state index contributed by atoms with van der Waals surface area (Å²) in [4.78, 5) is 0. The van der Waals surface area contributed by atoms with Crippen LogP contribution < -0.4 is 10.5 Å². The molecular formula is C16H17BrFNO. The fourth-order valence-electron chi connectivity index (χ4n) is 1.93. The average Bonchev–Trinajstić information content (AvgIpc) is 2.46. The van der Waals surface area contributed by atoms with Crippen molar-refractivity contribution < 1.29 is 9.13 Å². The zero-order valence-corrected chi connectivity index (χ0v) is 12.9. The second-order valence-electron chi connectivity index (χ2n) is 4.58. The molecule has 4 heteroatoms. The lowest BCUT2D eigenvalue weighted by Crippen LogP contribution is -2.10. The number of benzene rings is 2. The number of rotatable bonds is 5. The largest absolute Gasteiger partial charge is 0.489 e. The number of ether oxygens (including phenoxy) is 1. The van der Waals surface area contributed by atoms with Crippen LogP contribution in [-0.2, 0) is 6.61 Å². The fraction of sp³-hybridized carbons (Fsp3) is 0.250. The van der Waals surface area contributed by atoms with Crippen molar-refractivity contribution in [3.8, 4) is 5.75 Å². The van der Waals surface area contributed by atoms with Crippen LogP contribution in [0.2, 0.25) is 0 Å². The molecule has 106 valence electrons. The summed E-state index contributed by atoms with van der Waals surface area (Å²) in [5.74, 6) is 0.507. The SMILES string of the molecule is CC[C@H](N)c1ccccc1OCc1ccc(F)cc1Br. The maximum atomic E-state index is 13.0. The minimum atomic E-state index is -0.269. The van der Waals surface area contributed by atoms with Gasteiger partial charge >= 0.3 is 0 Å². The van der Waals surface area contributed by atoms with Gasteiger partial charge in [0.1, 0.15) is 18.2 Å². The first-order chi connectivity index (χ1) is 9.61. The van der Waals surface area contributed by atoms with Gasteiger partial charge in [0.05, 0.1) is 0 Å². The van der Waals surface area contributed by atoms with Gasteiger partial charge in [0.25, 0.3) is 0 Å². The Bertz CT molecular complexity index is 588. The predicted octanol–water partition coefficient (Wildman–Crippen LogP) is 4.58. The lowest BCUT2D eigenvalue weighted by molar-refractivity contribution is 0.300. The van der Waals surface area contributed by atoms with Gasteiger partial charge < -0.3 is 10.5 Å². The molecule has 0 saturated carbocycles. The number of nitrogens with two attached hydrogens (primary N) is 1. The van der Waals surface area contributed by atoms with Crippen molar-refractivity contribution in [3.63, 3.8) is 0 Å². The molecular weight excluding hydrogens is 321 g/mol. The van der Waals surface area contributed by atoms with Crippen molar-refractivity contribution in [2.75, 3.05) is 0 Å². The molecule has 0 bridgehead atoms. The molecule has 0 radical (unpaired) electrons. The molecule has 2 aromatic rings. The van der Waals surface area contributed by atoms with E-state index in [1.54, 1.807) is 6.07 Å². The summed E-state index contributed by atoms with van der Waals surface area (Å²) in [5.41, 5.74) is 7.96. The Balaban J connectivity index is 2.15. The minimum Gasteiger partial charge on any atom is -0.489 e. The van der Waals surface area contributed by atoms with E-state index in [9.17, 15) is 4.39 Å². The van der Waals surface area contributed by atoms with Gasteiger partial charge in [-0.25, -0.2) is 4.39 Å². The topological polar surface area (TPSA) is 35.2 Å². The van der Waals surface area contributed by atoms with E-state index in [1.165, 1.54) is 12.1 Å². The van der Waals surface area contributed by atoms with Crippen molar-refractivity contribution in [1.29, 1.82) is 0 Å². The van der Waals surface area contributed by atoms with E-state index in [-0.39, 0.29) is 11.9 Å². The van der Waals surface area contributed by atoms with Crippen molar-refractivity contribution in [3.05, 3.63) is 63.9 Å². The third-order valence-corrected chi connectivity index (χ3v) is 3.89. The summed E-state index contributed by atoms with van der Waals surface area (Å²) in [6.45, 7) is 2.41. The molecule has 2 aromatic carbocycles. The highest BCUT2D eigenvalue weighted by Gasteiger charge is 2.10. The average molecular weight is 338 g/mol. The second-order valence-corrected chi connectivity index (χ2v) is 5.43. The summed E-state index contributed by atoms with van der Waals surface area (Å²) >= 11 is 3.34. The third-order valence-electron chi connectivity index (χ3n) is 3.16. The van der Waals surface area contributed by atoms with E-state index < -0.39 is 0 Å². The minimum absolute atomic E-state index is 0.0390. The van der Waals surface area contributed by atoms with Crippen LogP contribution in [0, 0.1) is 5.82 Å². The van der Waals surface area contributed by atoms with Crippen LogP contribution in [0.15, 0.2) is 46.9 Å². The van der Waals surface area contributed by atoms with E-state index >= 15 is 0 Å². The molecule has 2 rings (SSSR count). The molecule has 0 aromatic heterocycles. The van der Waals surface area contributed by atoms with Crippen LogP contribution >= 0.6 is 15.9 Å². The van der Waals surface area contributed by atoms with E-state index in [4.69, 9.17) is 10.5 Å².